The third-order valence-electron chi connectivity index (χ3n) is 2.91. The first kappa shape index (κ1) is 12.3. The van der Waals surface area contributed by atoms with Crippen LogP contribution in [0.4, 0.5) is 0 Å². The summed E-state index contributed by atoms with van der Waals surface area (Å²) >= 11 is 0. The van der Waals surface area contributed by atoms with Crippen LogP contribution in [0.25, 0.3) is 0 Å². The van der Waals surface area contributed by atoms with Crippen molar-refractivity contribution >= 4 is 0 Å². The number of aliphatic hydroxyl groups excluding tert-OH is 1. The second-order valence-electron chi connectivity index (χ2n) is 4.28. The molecule has 1 fully saturated rings. The van der Waals surface area contributed by atoms with Crippen molar-refractivity contribution in [3.63, 3.8) is 0 Å². The molecule has 5 heteroatoms. The van der Waals surface area contributed by atoms with Gasteiger partial charge in [-0.05, 0) is 19.3 Å². The van der Waals surface area contributed by atoms with Crippen molar-refractivity contribution in [2.45, 2.75) is 37.9 Å². The zero-order valence-electron chi connectivity index (χ0n) is 10.0. The number of nitrogens with zero attached hydrogens (tertiary/aromatic N) is 2. The highest BCUT2D eigenvalue weighted by Crippen LogP contribution is 2.18. The van der Waals surface area contributed by atoms with Gasteiger partial charge in [-0.3, -0.25) is 0 Å². The molecule has 0 amide bonds. The molecular weight excluding hydrogens is 220 g/mol. The Bertz CT molecular complexity index is 353. The van der Waals surface area contributed by atoms with E-state index < -0.39 is 6.10 Å². The van der Waals surface area contributed by atoms with Crippen molar-refractivity contribution in [3.05, 3.63) is 18.1 Å². The molecule has 2 rings (SSSR count). The van der Waals surface area contributed by atoms with Crippen molar-refractivity contribution in [2.24, 2.45) is 0 Å². The molecule has 1 N–H and O–H groups in total. The van der Waals surface area contributed by atoms with Gasteiger partial charge in [0.15, 0.2) is 0 Å². The fourth-order valence-corrected chi connectivity index (χ4v) is 2.06. The van der Waals surface area contributed by atoms with E-state index in [1.165, 1.54) is 6.33 Å². The molecule has 1 aliphatic rings. The fraction of sp³-hybridized carbons (Fsp3) is 0.667. The van der Waals surface area contributed by atoms with E-state index in [0.717, 1.165) is 25.1 Å². The summed E-state index contributed by atoms with van der Waals surface area (Å²) in [7, 11) is 1.56. The van der Waals surface area contributed by atoms with Gasteiger partial charge in [-0.2, -0.15) is 0 Å². The summed E-state index contributed by atoms with van der Waals surface area (Å²) in [6, 6.07) is 1.75. The molecule has 1 aromatic rings. The van der Waals surface area contributed by atoms with Crippen LogP contribution in [0.15, 0.2) is 12.4 Å². The summed E-state index contributed by atoms with van der Waals surface area (Å²) in [5.74, 6) is 0.527. The highest BCUT2D eigenvalue weighted by molar-refractivity contribution is 5.13. The average molecular weight is 238 g/mol. The zero-order chi connectivity index (χ0) is 12.1. The second-order valence-corrected chi connectivity index (χ2v) is 4.28. The normalized spacial score (nSPS) is 21.4. The predicted octanol–water partition coefficient (Wildman–Crippen LogP) is 0.958. The number of aliphatic hydroxyl groups is 1. The molecule has 0 aliphatic carbocycles. The Morgan fingerprint density at radius 3 is 3.18 bits per heavy atom. The quantitative estimate of drug-likeness (QED) is 0.827. The highest BCUT2D eigenvalue weighted by atomic mass is 16.5. The number of aromatic nitrogens is 2. The number of hydrogen-bond donors (Lipinski definition) is 1. The van der Waals surface area contributed by atoms with Crippen molar-refractivity contribution < 1.29 is 14.6 Å². The lowest BCUT2D eigenvalue weighted by Crippen LogP contribution is -2.19. The molecule has 1 aliphatic heterocycles. The molecule has 1 saturated heterocycles. The number of methoxy groups -OCH3 is 1. The van der Waals surface area contributed by atoms with E-state index in [2.05, 4.69) is 9.97 Å². The Hall–Kier alpha value is -1.20. The molecule has 0 bridgehead atoms. The zero-order valence-corrected chi connectivity index (χ0v) is 10.0. The van der Waals surface area contributed by atoms with Crippen molar-refractivity contribution in [3.8, 4) is 5.88 Å². The van der Waals surface area contributed by atoms with Crippen LogP contribution in [0.1, 0.15) is 25.0 Å². The van der Waals surface area contributed by atoms with E-state index in [0.29, 0.717) is 18.7 Å². The molecule has 5 nitrogen and oxygen atoms in total. The molecule has 2 heterocycles. The van der Waals surface area contributed by atoms with Crippen LogP contribution in [0.3, 0.4) is 0 Å². The maximum absolute atomic E-state index is 9.95. The van der Waals surface area contributed by atoms with Crippen LogP contribution < -0.4 is 4.74 Å². The molecular formula is C12H18N2O3. The summed E-state index contributed by atoms with van der Waals surface area (Å²) in [4.78, 5) is 8.04. The third kappa shape index (κ3) is 3.64. The minimum absolute atomic E-state index is 0.203. The van der Waals surface area contributed by atoms with Crippen LogP contribution >= 0.6 is 0 Å². The van der Waals surface area contributed by atoms with Gasteiger partial charge in [-0.1, -0.05) is 0 Å². The van der Waals surface area contributed by atoms with Gasteiger partial charge in [-0.25, -0.2) is 9.97 Å². The molecule has 17 heavy (non-hydrogen) atoms. The Balaban J connectivity index is 1.85. The second kappa shape index (κ2) is 5.93. The lowest BCUT2D eigenvalue weighted by Gasteiger charge is -2.14. The maximum Gasteiger partial charge on any atom is 0.216 e. The Kier molecular flexibility index (Phi) is 4.28. The molecule has 2 unspecified atom stereocenters. The maximum atomic E-state index is 9.95. The van der Waals surface area contributed by atoms with Gasteiger partial charge in [0.1, 0.15) is 6.33 Å². The highest BCUT2D eigenvalue weighted by Gasteiger charge is 2.20. The molecule has 94 valence electrons. The average Bonchev–Trinajstić information content (AvgIpc) is 2.82. The number of ether oxygens (including phenoxy) is 2. The van der Waals surface area contributed by atoms with Crippen molar-refractivity contribution in [1.82, 2.24) is 9.97 Å². The number of hydrogen-bond acceptors (Lipinski definition) is 5. The SMILES string of the molecule is COc1cc(CC(O)CC2CCCO2)ncn1. The molecule has 0 spiro atoms. The molecule has 0 saturated carbocycles. The van der Waals surface area contributed by atoms with Gasteiger partial charge in [0.05, 0.1) is 25.0 Å². The minimum atomic E-state index is -0.419. The largest absolute Gasteiger partial charge is 0.481 e. The standard InChI is InChI=1S/C12H18N2O3/c1-16-12-6-9(13-8-14-12)5-10(15)7-11-3-2-4-17-11/h6,8,10-11,15H,2-5,7H2,1H3. The van der Waals surface area contributed by atoms with Crippen LogP contribution in [0.2, 0.25) is 0 Å². The van der Waals surface area contributed by atoms with E-state index in [-0.39, 0.29) is 6.10 Å². The Morgan fingerprint density at radius 2 is 2.47 bits per heavy atom. The van der Waals surface area contributed by atoms with Gasteiger partial charge in [0.25, 0.3) is 0 Å². The van der Waals surface area contributed by atoms with Gasteiger partial charge in [-0.15, -0.1) is 0 Å². The lowest BCUT2D eigenvalue weighted by molar-refractivity contribution is 0.0537. The van der Waals surface area contributed by atoms with E-state index in [9.17, 15) is 5.11 Å². The topological polar surface area (TPSA) is 64.5 Å². The fourth-order valence-electron chi connectivity index (χ4n) is 2.06. The van der Waals surface area contributed by atoms with E-state index in [1.807, 2.05) is 0 Å². The van der Waals surface area contributed by atoms with E-state index >= 15 is 0 Å². The first-order valence-electron chi connectivity index (χ1n) is 5.92. The van der Waals surface area contributed by atoms with Gasteiger partial charge in [0, 0.05) is 19.1 Å². The third-order valence-corrected chi connectivity index (χ3v) is 2.91. The van der Waals surface area contributed by atoms with Gasteiger partial charge in [0.2, 0.25) is 5.88 Å². The van der Waals surface area contributed by atoms with Gasteiger partial charge >= 0.3 is 0 Å². The van der Waals surface area contributed by atoms with Crippen LogP contribution in [-0.4, -0.2) is 41.0 Å². The van der Waals surface area contributed by atoms with Crippen LogP contribution in [-0.2, 0) is 11.2 Å². The monoisotopic (exact) mass is 238 g/mol. The Morgan fingerprint density at radius 1 is 1.59 bits per heavy atom. The van der Waals surface area contributed by atoms with Crippen molar-refractivity contribution in [2.75, 3.05) is 13.7 Å². The summed E-state index contributed by atoms with van der Waals surface area (Å²) < 4.78 is 10.5. The molecule has 0 radical (unpaired) electrons. The molecule has 1 aromatic heterocycles. The van der Waals surface area contributed by atoms with Crippen LogP contribution in [0, 0.1) is 0 Å². The smallest absolute Gasteiger partial charge is 0.216 e. The van der Waals surface area contributed by atoms with E-state index in [1.54, 1.807) is 13.2 Å². The summed E-state index contributed by atoms with van der Waals surface area (Å²) in [5.41, 5.74) is 0.794. The Labute approximate surface area is 101 Å². The lowest BCUT2D eigenvalue weighted by atomic mass is 10.1. The number of rotatable bonds is 5. The van der Waals surface area contributed by atoms with Gasteiger partial charge < -0.3 is 14.6 Å². The first-order valence-corrected chi connectivity index (χ1v) is 5.92. The van der Waals surface area contributed by atoms with Crippen LogP contribution in [0.5, 0.6) is 5.88 Å². The summed E-state index contributed by atoms with van der Waals surface area (Å²) in [6.07, 6.45) is 4.56. The summed E-state index contributed by atoms with van der Waals surface area (Å²) in [5, 5.41) is 9.95. The predicted molar refractivity (Wildman–Crippen MR) is 61.9 cm³/mol. The summed E-state index contributed by atoms with van der Waals surface area (Å²) in [6.45, 7) is 0.818. The molecule has 2 atom stereocenters. The minimum Gasteiger partial charge on any atom is -0.481 e. The van der Waals surface area contributed by atoms with E-state index in [4.69, 9.17) is 9.47 Å². The van der Waals surface area contributed by atoms with Crippen molar-refractivity contribution in [1.29, 1.82) is 0 Å². The first-order chi connectivity index (χ1) is 8.28. The molecule has 0 aromatic carbocycles.